The van der Waals surface area contributed by atoms with E-state index in [1.807, 2.05) is 0 Å². The van der Waals surface area contributed by atoms with E-state index >= 15 is 0 Å². The maximum atomic E-state index is 4.14. The molecule has 0 aliphatic heterocycles. The van der Waals surface area contributed by atoms with Crippen LogP contribution in [0.25, 0.3) is 0 Å². The standard InChI is InChI=1S/C15H29NS/c1-4-13(3)11-14(16-5-2)12-17-15-9-7-6-8-10-15/h14-16H,3-12H2,1-2H3. The van der Waals surface area contributed by atoms with Crippen molar-refractivity contribution in [3.8, 4) is 0 Å². The molecule has 0 saturated heterocycles. The zero-order chi connectivity index (χ0) is 12.5. The molecule has 0 aromatic heterocycles. The van der Waals surface area contributed by atoms with Crippen LogP contribution in [0, 0.1) is 0 Å². The van der Waals surface area contributed by atoms with Crippen LogP contribution in [0.2, 0.25) is 0 Å². The summed E-state index contributed by atoms with van der Waals surface area (Å²) in [7, 11) is 0. The molecule has 1 fully saturated rings. The summed E-state index contributed by atoms with van der Waals surface area (Å²) >= 11 is 2.19. The van der Waals surface area contributed by atoms with Crippen LogP contribution >= 0.6 is 11.8 Å². The molecule has 17 heavy (non-hydrogen) atoms. The van der Waals surface area contributed by atoms with Gasteiger partial charge >= 0.3 is 0 Å². The maximum absolute atomic E-state index is 4.14. The first kappa shape index (κ1) is 15.1. The van der Waals surface area contributed by atoms with Gasteiger partial charge in [0.2, 0.25) is 0 Å². The minimum atomic E-state index is 0.638. The third kappa shape index (κ3) is 6.52. The molecule has 0 heterocycles. The maximum Gasteiger partial charge on any atom is 0.0195 e. The second kappa shape index (κ2) is 9.04. The van der Waals surface area contributed by atoms with E-state index in [1.165, 1.54) is 43.4 Å². The zero-order valence-corrected chi connectivity index (χ0v) is 12.5. The zero-order valence-electron chi connectivity index (χ0n) is 11.6. The van der Waals surface area contributed by atoms with E-state index in [2.05, 4.69) is 37.5 Å². The van der Waals surface area contributed by atoms with Gasteiger partial charge in [0.05, 0.1) is 0 Å². The lowest BCUT2D eigenvalue weighted by Crippen LogP contribution is -2.32. The quantitative estimate of drug-likeness (QED) is 0.646. The molecule has 1 unspecified atom stereocenters. The van der Waals surface area contributed by atoms with Crippen molar-refractivity contribution in [1.29, 1.82) is 0 Å². The van der Waals surface area contributed by atoms with Crippen LogP contribution in [0.15, 0.2) is 12.2 Å². The van der Waals surface area contributed by atoms with Gasteiger partial charge in [-0.25, -0.2) is 0 Å². The summed E-state index contributed by atoms with van der Waals surface area (Å²) in [5.74, 6) is 1.26. The molecule has 1 atom stereocenters. The van der Waals surface area contributed by atoms with Gasteiger partial charge in [-0.2, -0.15) is 11.8 Å². The fraction of sp³-hybridized carbons (Fsp3) is 0.867. The van der Waals surface area contributed by atoms with Gasteiger partial charge in [0.1, 0.15) is 0 Å². The Labute approximate surface area is 112 Å². The van der Waals surface area contributed by atoms with Crippen LogP contribution in [-0.2, 0) is 0 Å². The largest absolute Gasteiger partial charge is 0.313 e. The second-order valence-electron chi connectivity index (χ2n) is 5.16. The monoisotopic (exact) mass is 255 g/mol. The van der Waals surface area contributed by atoms with Gasteiger partial charge in [-0.1, -0.05) is 45.3 Å². The Bertz CT molecular complexity index is 209. The number of nitrogens with one attached hydrogen (secondary N) is 1. The lowest BCUT2D eigenvalue weighted by Gasteiger charge is -2.24. The molecule has 0 amide bonds. The minimum Gasteiger partial charge on any atom is -0.313 e. The smallest absolute Gasteiger partial charge is 0.0195 e. The fourth-order valence-electron chi connectivity index (χ4n) is 2.46. The molecular weight excluding hydrogens is 226 g/mol. The van der Waals surface area contributed by atoms with Crippen LogP contribution in [0.4, 0.5) is 0 Å². The first-order chi connectivity index (χ1) is 8.26. The van der Waals surface area contributed by atoms with Crippen molar-refractivity contribution in [2.75, 3.05) is 12.3 Å². The molecule has 0 aromatic rings. The van der Waals surface area contributed by atoms with Crippen molar-refractivity contribution in [3.63, 3.8) is 0 Å². The van der Waals surface area contributed by atoms with Gasteiger partial charge in [-0.15, -0.1) is 0 Å². The van der Waals surface area contributed by atoms with Gasteiger partial charge in [0.15, 0.2) is 0 Å². The molecule has 0 radical (unpaired) electrons. The average molecular weight is 255 g/mol. The molecule has 0 aromatic carbocycles. The summed E-state index contributed by atoms with van der Waals surface area (Å²) in [6, 6.07) is 0.638. The molecule has 1 N–H and O–H groups in total. The van der Waals surface area contributed by atoms with Crippen molar-refractivity contribution >= 4 is 11.8 Å². The van der Waals surface area contributed by atoms with Gasteiger partial charge in [-0.05, 0) is 32.2 Å². The second-order valence-corrected chi connectivity index (χ2v) is 6.49. The normalized spacial score (nSPS) is 19.2. The summed E-state index contributed by atoms with van der Waals surface area (Å²) < 4.78 is 0. The Balaban J connectivity index is 2.24. The summed E-state index contributed by atoms with van der Waals surface area (Å²) in [5, 5.41) is 4.54. The molecular formula is C15H29NS. The van der Waals surface area contributed by atoms with E-state index in [0.29, 0.717) is 6.04 Å². The third-order valence-electron chi connectivity index (χ3n) is 3.61. The predicted molar refractivity (Wildman–Crippen MR) is 80.8 cm³/mol. The Hall–Kier alpha value is 0.0500. The highest BCUT2D eigenvalue weighted by atomic mass is 32.2. The van der Waals surface area contributed by atoms with Crippen LogP contribution in [0.1, 0.15) is 58.8 Å². The predicted octanol–water partition coefficient (Wildman–Crippen LogP) is 4.39. The van der Waals surface area contributed by atoms with E-state index in [4.69, 9.17) is 0 Å². The summed E-state index contributed by atoms with van der Waals surface area (Å²) in [6.07, 6.45) is 9.52. The molecule has 1 nitrogen and oxygen atoms in total. The SMILES string of the molecule is C=C(CC)CC(CSC1CCCCC1)NCC. The molecule has 1 rings (SSSR count). The van der Waals surface area contributed by atoms with Crippen LogP contribution in [0.3, 0.4) is 0 Å². The van der Waals surface area contributed by atoms with Crippen molar-refractivity contribution < 1.29 is 0 Å². The van der Waals surface area contributed by atoms with E-state index in [1.54, 1.807) is 0 Å². The molecule has 100 valence electrons. The van der Waals surface area contributed by atoms with Crippen molar-refractivity contribution in [1.82, 2.24) is 5.32 Å². The number of rotatable bonds is 8. The molecule has 1 saturated carbocycles. The van der Waals surface area contributed by atoms with E-state index in [9.17, 15) is 0 Å². The number of thioether (sulfide) groups is 1. The lowest BCUT2D eigenvalue weighted by molar-refractivity contribution is 0.512. The average Bonchev–Trinajstić information content (AvgIpc) is 2.37. The summed E-state index contributed by atoms with van der Waals surface area (Å²) in [4.78, 5) is 0. The fourth-order valence-corrected chi connectivity index (χ4v) is 3.86. The van der Waals surface area contributed by atoms with E-state index in [0.717, 1.165) is 24.6 Å². The van der Waals surface area contributed by atoms with Crippen LogP contribution in [0.5, 0.6) is 0 Å². The number of hydrogen-bond donors (Lipinski definition) is 1. The highest BCUT2D eigenvalue weighted by Crippen LogP contribution is 2.29. The summed E-state index contributed by atoms with van der Waals surface area (Å²) in [5.41, 5.74) is 1.39. The van der Waals surface area contributed by atoms with Gasteiger partial charge in [-0.3, -0.25) is 0 Å². The molecule has 1 aliphatic rings. The first-order valence-electron chi connectivity index (χ1n) is 7.27. The van der Waals surface area contributed by atoms with E-state index < -0.39 is 0 Å². The minimum absolute atomic E-state index is 0.638. The van der Waals surface area contributed by atoms with E-state index in [-0.39, 0.29) is 0 Å². The Morgan fingerprint density at radius 2 is 2.00 bits per heavy atom. The highest BCUT2D eigenvalue weighted by Gasteiger charge is 2.16. The molecule has 1 aliphatic carbocycles. The van der Waals surface area contributed by atoms with Gasteiger partial charge < -0.3 is 5.32 Å². The highest BCUT2D eigenvalue weighted by molar-refractivity contribution is 7.99. The van der Waals surface area contributed by atoms with Crippen molar-refractivity contribution in [2.24, 2.45) is 0 Å². The molecule has 0 bridgehead atoms. The lowest BCUT2D eigenvalue weighted by atomic mass is 10.0. The van der Waals surface area contributed by atoms with Crippen LogP contribution in [-0.4, -0.2) is 23.6 Å². The Morgan fingerprint density at radius 1 is 1.29 bits per heavy atom. The number of hydrogen-bond acceptors (Lipinski definition) is 2. The van der Waals surface area contributed by atoms with Crippen LogP contribution < -0.4 is 5.32 Å². The van der Waals surface area contributed by atoms with Gasteiger partial charge in [0.25, 0.3) is 0 Å². The topological polar surface area (TPSA) is 12.0 Å². The molecule has 2 heteroatoms. The first-order valence-corrected chi connectivity index (χ1v) is 8.32. The van der Waals surface area contributed by atoms with Crippen molar-refractivity contribution in [2.45, 2.75) is 70.1 Å². The third-order valence-corrected chi connectivity index (χ3v) is 5.15. The van der Waals surface area contributed by atoms with Crippen molar-refractivity contribution in [3.05, 3.63) is 12.2 Å². The molecule has 0 spiro atoms. The Kier molecular flexibility index (Phi) is 8.04. The van der Waals surface area contributed by atoms with Gasteiger partial charge in [0, 0.05) is 17.0 Å². The summed E-state index contributed by atoms with van der Waals surface area (Å²) in [6.45, 7) is 9.63. The Morgan fingerprint density at radius 3 is 2.59 bits per heavy atom.